The molecule has 0 aromatic heterocycles. The molecule has 1 fully saturated rings. The van der Waals surface area contributed by atoms with Crippen LogP contribution in [0.4, 0.5) is 0 Å². The van der Waals surface area contributed by atoms with Crippen LogP contribution in [0.5, 0.6) is 5.75 Å². The molecule has 4 nitrogen and oxygen atoms in total. The molecule has 2 atom stereocenters. The van der Waals surface area contributed by atoms with E-state index >= 15 is 0 Å². The number of rotatable bonds is 4. The number of hydrogen-bond donors (Lipinski definition) is 0. The van der Waals surface area contributed by atoms with Crippen LogP contribution in [0.1, 0.15) is 39.5 Å². The third kappa shape index (κ3) is 2.46. The second-order valence-corrected chi connectivity index (χ2v) is 6.15. The minimum absolute atomic E-state index is 0.206. The van der Waals surface area contributed by atoms with Gasteiger partial charge in [0, 0.05) is 5.92 Å². The zero-order valence-electron chi connectivity index (χ0n) is 13.6. The molecule has 23 heavy (non-hydrogen) atoms. The normalized spacial score (nSPS) is 26.9. The van der Waals surface area contributed by atoms with E-state index in [0.29, 0.717) is 11.3 Å². The molecule has 0 heterocycles. The Hall–Kier alpha value is -2.10. The quantitative estimate of drug-likeness (QED) is 0.631. The molecule has 2 aliphatic rings. The van der Waals surface area contributed by atoms with Crippen molar-refractivity contribution in [3.63, 3.8) is 0 Å². The molecular formula is C19H22O4. The summed E-state index contributed by atoms with van der Waals surface area (Å²) < 4.78 is 11.3. The van der Waals surface area contributed by atoms with Crippen molar-refractivity contribution in [2.24, 2.45) is 5.92 Å². The molecule has 0 radical (unpaired) electrons. The van der Waals surface area contributed by atoms with E-state index in [1.807, 2.05) is 25.1 Å². The Morgan fingerprint density at radius 2 is 2.00 bits per heavy atom. The summed E-state index contributed by atoms with van der Waals surface area (Å²) in [6, 6.07) is 9.07. The van der Waals surface area contributed by atoms with E-state index in [4.69, 9.17) is 9.47 Å². The van der Waals surface area contributed by atoms with Crippen LogP contribution < -0.4 is 4.74 Å². The van der Waals surface area contributed by atoms with E-state index < -0.39 is 11.6 Å². The van der Waals surface area contributed by atoms with Gasteiger partial charge in [-0.25, -0.2) is 4.79 Å². The van der Waals surface area contributed by atoms with Gasteiger partial charge in [-0.1, -0.05) is 30.2 Å². The van der Waals surface area contributed by atoms with Crippen LogP contribution in [-0.2, 0) is 14.3 Å². The molecule has 2 aliphatic carbocycles. The predicted molar refractivity (Wildman–Crippen MR) is 86.1 cm³/mol. The number of Topliss-reactive ketones (excluding diaryl/α,β-unsaturated/α-hetero) is 1. The van der Waals surface area contributed by atoms with Crippen LogP contribution in [0.15, 0.2) is 41.5 Å². The van der Waals surface area contributed by atoms with Crippen LogP contribution in [0.2, 0.25) is 0 Å². The molecule has 1 saturated carbocycles. The Morgan fingerprint density at radius 3 is 2.70 bits per heavy atom. The third-order valence-corrected chi connectivity index (χ3v) is 4.86. The number of benzene rings is 1. The van der Waals surface area contributed by atoms with Crippen LogP contribution >= 0.6 is 0 Å². The molecule has 0 aliphatic heterocycles. The average Bonchev–Trinajstić information content (AvgIpc) is 2.79. The first kappa shape index (κ1) is 15.8. The van der Waals surface area contributed by atoms with Gasteiger partial charge in [0.2, 0.25) is 5.78 Å². The number of hydrogen-bond acceptors (Lipinski definition) is 4. The van der Waals surface area contributed by atoms with E-state index in [1.165, 1.54) is 0 Å². The summed E-state index contributed by atoms with van der Waals surface area (Å²) in [6.45, 7) is 3.79. The molecule has 1 aromatic rings. The van der Waals surface area contributed by atoms with Gasteiger partial charge < -0.3 is 9.47 Å². The van der Waals surface area contributed by atoms with Gasteiger partial charge in [-0.05, 0) is 50.8 Å². The molecule has 0 amide bonds. The third-order valence-electron chi connectivity index (χ3n) is 4.86. The van der Waals surface area contributed by atoms with Gasteiger partial charge >= 0.3 is 5.97 Å². The highest BCUT2D eigenvalue weighted by Crippen LogP contribution is 2.48. The minimum Gasteiger partial charge on any atom is -0.467 e. The van der Waals surface area contributed by atoms with Crippen molar-refractivity contribution < 1.29 is 19.1 Å². The first-order chi connectivity index (χ1) is 11.1. The number of ketones is 1. The Balaban J connectivity index is 2.06. The fraction of sp³-hybridized carbons (Fsp3) is 0.474. The lowest BCUT2D eigenvalue weighted by atomic mass is 9.77. The van der Waals surface area contributed by atoms with Crippen LogP contribution in [0, 0.1) is 5.92 Å². The largest absolute Gasteiger partial charge is 0.467 e. The van der Waals surface area contributed by atoms with Crippen molar-refractivity contribution in [3.8, 4) is 5.75 Å². The highest BCUT2D eigenvalue weighted by molar-refractivity contribution is 6.18. The molecule has 3 rings (SSSR count). The lowest BCUT2D eigenvalue weighted by Gasteiger charge is -2.35. The smallest absolute Gasteiger partial charge is 0.359 e. The molecule has 0 N–H and O–H groups in total. The summed E-state index contributed by atoms with van der Waals surface area (Å²) in [4.78, 5) is 25.8. The second-order valence-electron chi connectivity index (χ2n) is 6.15. The Morgan fingerprint density at radius 1 is 1.26 bits per heavy atom. The molecule has 0 unspecified atom stereocenters. The van der Waals surface area contributed by atoms with E-state index in [-0.39, 0.29) is 18.3 Å². The molecule has 122 valence electrons. The molecular weight excluding hydrogens is 292 g/mol. The number of para-hydroxylation sites is 1. The van der Waals surface area contributed by atoms with Crippen LogP contribution in [0.25, 0.3) is 0 Å². The molecule has 0 spiro atoms. The van der Waals surface area contributed by atoms with Gasteiger partial charge in [-0.2, -0.15) is 0 Å². The zero-order valence-corrected chi connectivity index (χ0v) is 13.6. The van der Waals surface area contributed by atoms with E-state index in [9.17, 15) is 9.59 Å². The van der Waals surface area contributed by atoms with E-state index in [0.717, 1.165) is 31.3 Å². The van der Waals surface area contributed by atoms with Crippen LogP contribution in [-0.4, -0.2) is 24.0 Å². The minimum atomic E-state index is -1.54. The van der Waals surface area contributed by atoms with Crippen molar-refractivity contribution in [1.29, 1.82) is 0 Å². The average molecular weight is 314 g/mol. The highest BCUT2D eigenvalue weighted by Gasteiger charge is 2.62. The lowest BCUT2D eigenvalue weighted by Crippen LogP contribution is -2.56. The second kappa shape index (κ2) is 6.19. The Labute approximate surface area is 136 Å². The lowest BCUT2D eigenvalue weighted by molar-refractivity contribution is -0.169. The number of esters is 1. The first-order valence-electron chi connectivity index (χ1n) is 8.27. The summed E-state index contributed by atoms with van der Waals surface area (Å²) in [5.74, 6) is -0.478. The summed E-state index contributed by atoms with van der Waals surface area (Å²) in [5.41, 5.74) is 0.209. The summed E-state index contributed by atoms with van der Waals surface area (Å²) in [7, 11) is 0. The van der Waals surface area contributed by atoms with Crippen molar-refractivity contribution in [2.45, 2.75) is 45.1 Å². The summed E-state index contributed by atoms with van der Waals surface area (Å²) in [6.07, 6.45) is 3.69. The number of ether oxygens (including phenoxy) is 2. The van der Waals surface area contributed by atoms with Crippen molar-refractivity contribution in [3.05, 3.63) is 41.5 Å². The predicted octanol–water partition coefficient (Wildman–Crippen LogP) is 3.46. The topological polar surface area (TPSA) is 52.6 Å². The molecule has 1 aromatic carbocycles. The van der Waals surface area contributed by atoms with E-state index in [1.54, 1.807) is 19.1 Å². The van der Waals surface area contributed by atoms with E-state index in [2.05, 4.69) is 0 Å². The number of fused-ring (bicyclic) bond motifs is 1. The first-order valence-corrected chi connectivity index (χ1v) is 8.27. The number of carbonyl (C=O) groups excluding carboxylic acids is 2. The summed E-state index contributed by atoms with van der Waals surface area (Å²) >= 11 is 0. The Bertz CT molecular complexity index is 647. The van der Waals surface area contributed by atoms with Crippen molar-refractivity contribution >= 4 is 11.8 Å². The monoisotopic (exact) mass is 314 g/mol. The van der Waals surface area contributed by atoms with Gasteiger partial charge in [0.05, 0.1) is 6.61 Å². The van der Waals surface area contributed by atoms with Gasteiger partial charge in [0.1, 0.15) is 5.75 Å². The van der Waals surface area contributed by atoms with Crippen LogP contribution in [0.3, 0.4) is 0 Å². The Kier molecular flexibility index (Phi) is 4.24. The maximum atomic E-state index is 13.0. The molecule has 4 heteroatoms. The van der Waals surface area contributed by atoms with Gasteiger partial charge in [-0.3, -0.25) is 4.79 Å². The highest BCUT2D eigenvalue weighted by atomic mass is 16.6. The van der Waals surface area contributed by atoms with Gasteiger partial charge in [0.15, 0.2) is 0 Å². The SMILES string of the molecule is CCOC(=O)[C@@]1(Oc2ccccc2)C(=O)C(C)=C2CCCC[C@H]21. The molecule has 0 bridgehead atoms. The van der Waals surface area contributed by atoms with Crippen molar-refractivity contribution in [2.75, 3.05) is 6.61 Å². The summed E-state index contributed by atoms with van der Waals surface area (Å²) in [5, 5.41) is 0. The fourth-order valence-electron chi connectivity index (χ4n) is 3.80. The van der Waals surface area contributed by atoms with Crippen molar-refractivity contribution in [1.82, 2.24) is 0 Å². The maximum absolute atomic E-state index is 13.0. The zero-order chi connectivity index (χ0) is 16.4. The number of carbonyl (C=O) groups is 2. The van der Waals surface area contributed by atoms with Gasteiger partial charge in [0.25, 0.3) is 5.60 Å². The van der Waals surface area contributed by atoms with Gasteiger partial charge in [-0.15, -0.1) is 0 Å². The molecule has 0 saturated heterocycles. The fourth-order valence-corrected chi connectivity index (χ4v) is 3.80. The standard InChI is InChI=1S/C19H22O4/c1-3-22-18(21)19(23-14-9-5-4-6-10-14)16-12-8-7-11-15(16)13(2)17(19)20/h4-6,9-10,16H,3,7-8,11-12H2,1-2H3/t16-,19+/m1/s1. The maximum Gasteiger partial charge on any atom is 0.359 e.